The van der Waals surface area contributed by atoms with Crippen LogP contribution in [0.25, 0.3) is 0 Å². The van der Waals surface area contributed by atoms with Gasteiger partial charge in [0, 0.05) is 12.3 Å². The molecular weight excluding hydrogens is 455 g/mol. The highest BCUT2D eigenvalue weighted by molar-refractivity contribution is 7.97. The monoisotopic (exact) mass is 474 g/mol. The molecule has 7 nitrogen and oxygen atoms in total. The number of hydrogen-bond donors (Lipinski definition) is 1. The molecule has 4 rings (SSSR count). The number of carbonyl (C=O) groups excluding carboxylic acids is 1. The average molecular weight is 475 g/mol. The van der Waals surface area contributed by atoms with Crippen molar-refractivity contribution in [3.63, 3.8) is 0 Å². The quantitative estimate of drug-likeness (QED) is 0.534. The number of fused-ring (bicyclic) bond motifs is 1. The van der Waals surface area contributed by atoms with Gasteiger partial charge in [-0.2, -0.15) is 0 Å². The summed E-state index contributed by atoms with van der Waals surface area (Å²) in [5, 5.41) is 4.54. The summed E-state index contributed by atoms with van der Waals surface area (Å²) < 4.78 is 51.7. The summed E-state index contributed by atoms with van der Waals surface area (Å²) in [5.74, 6) is -0.0258. The average Bonchev–Trinajstić information content (AvgIpc) is 3.27. The number of anilines is 2. The Kier molecular flexibility index (Phi) is 5.90. The molecule has 32 heavy (non-hydrogen) atoms. The van der Waals surface area contributed by atoms with Crippen molar-refractivity contribution in [2.75, 3.05) is 23.8 Å². The second-order valence-corrected chi connectivity index (χ2v) is 9.57. The number of allylic oxidation sites excluding steroid dienone is 1. The molecule has 1 aromatic heterocycles. The number of thiophene rings is 1. The topological polar surface area (TPSA) is 84.9 Å². The van der Waals surface area contributed by atoms with E-state index in [9.17, 15) is 17.6 Å². The number of halogens is 1. The van der Waals surface area contributed by atoms with Gasteiger partial charge in [-0.3, -0.25) is 9.10 Å². The van der Waals surface area contributed by atoms with E-state index in [0.29, 0.717) is 33.3 Å². The highest BCUT2D eigenvalue weighted by Gasteiger charge is 2.41. The van der Waals surface area contributed by atoms with Crippen LogP contribution in [0.2, 0.25) is 0 Å². The van der Waals surface area contributed by atoms with E-state index >= 15 is 0 Å². The molecule has 2 aromatic carbocycles. The Hall–Kier alpha value is -3.37. The maximum Gasteiger partial charge on any atom is 0.270 e. The molecule has 1 aliphatic heterocycles. The Balaban J connectivity index is 1.73. The minimum atomic E-state index is -4.18. The zero-order valence-electron chi connectivity index (χ0n) is 17.2. The standard InChI is InChI=1S/C22H19FN2O5S2/c1-29-16-7-8-17(19(11-16)30-2)24-12-20-21(26)22-18(9-10-31-22)25(32(20,27)28)13-14-3-5-15(23)6-4-14/h3-12,24H,13H2,1-2H3/b20-12-. The molecule has 0 spiro atoms. The van der Waals surface area contributed by atoms with E-state index in [2.05, 4.69) is 5.32 Å². The molecule has 0 aliphatic carbocycles. The number of ketones is 1. The molecule has 1 N–H and O–H groups in total. The normalized spacial score (nSPS) is 16.0. The van der Waals surface area contributed by atoms with Gasteiger partial charge in [0.1, 0.15) is 22.2 Å². The predicted molar refractivity (Wildman–Crippen MR) is 121 cm³/mol. The lowest BCUT2D eigenvalue weighted by molar-refractivity contribution is 0.104. The third kappa shape index (κ3) is 3.94. The van der Waals surface area contributed by atoms with Gasteiger partial charge in [-0.05, 0) is 41.3 Å². The second kappa shape index (κ2) is 8.64. The minimum Gasteiger partial charge on any atom is -0.497 e. The highest BCUT2D eigenvalue weighted by atomic mass is 32.2. The van der Waals surface area contributed by atoms with Crippen LogP contribution in [0.3, 0.4) is 0 Å². The van der Waals surface area contributed by atoms with Crippen molar-refractivity contribution in [2.24, 2.45) is 0 Å². The number of nitrogens with zero attached hydrogens (tertiary/aromatic N) is 1. The number of hydrogen-bond acceptors (Lipinski definition) is 7. The Morgan fingerprint density at radius 1 is 1.09 bits per heavy atom. The zero-order valence-corrected chi connectivity index (χ0v) is 18.8. The van der Waals surface area contributed by atoms with E-state index in [0.717, 1.165) is 15.6 Å². The first kappa shape index (κ1) is 21.8. The van der Waals surface area contributed by atoms with Crippen LogP contribution < -0.4 is 19.1 Å². The van der Waals surface area contributed by atoms with Crippen LogP contribution >= 0.6 is 11.3 Å². The van der Waals surface area contributed by atoms with Gasteiger partial charge in [-0.25, -0.2) is 12.8 Å². The van der Waals surface area contributed by atoms with E-state index in [1.165, 1.54) is 44.7 Å². The van der Waals surface area contributed by atoms with Crippen molar-refractivity contribution in [1.29, 1.82) is 0 Å². The zero-order chi connectivity index (χ0) is 22.9. The van der Waals surface area contributed by atoms with Crippen molar-refractivity contribution in [1.82, 2.24) is 0 Å². The fourth-order valence-electron chi connectivity index (χ4n) is 3.27. The third-order valence-corrected chi connectivity index (χ3v) is 7.59. The molecule has 0 atom stereocenters. The summed E-state index contributed by atoms with van der Waals surface area (Å²) in [5.41, 5.74) is 1.36. The molecule has 0 radical (unpaired) electrons. The van der Waals surface area contributed by atoms with Gasteiger partial charge in [0.15, 0.2) is 4.91 Å². The van der Waals surface area contributed by atoms with Crippen LogP contribution in [0.4, 0.5) is 15.8 Å². The number of methoxy groups -OCH3 is 2. The van der Waals surface area contributed by atoms with Gasteiger partial charge in [0.05, 0.1) is 32.1 Å². The van der Waals surface area contributed by atoms with Crippen LogP contribution in [-0.4, -0.2) is 28.4 Å². The molecule has 0 saturated carbocycles. The van der Waals surface area contributed by atoms with E-state index in [-0.39, 0.29) is 6.54 Å². The number of sulfonamides is 1. The van der Waals surface area contributed by atoms with Crippen molar-refractivity contribution in [3.05, 3.63) is 81.3 Å². The molecule has 3 aromatic rings. The van der Waals surface area contributed by atoms with Gasteiger partial charge in [-0.15, -0.1) is 11.3 Å². The SMILES string of the molecule is COc1ccc(N/C=C2/C(=O)c3sccc3N(Cc3ccc(F)cc3)S2(=O)=O)c(OC)c1. The van der Waals surface area contributed by atoms with Crippen LogP contribution in [0.1, 0.15) is 15.2 Å². The molecule has 10 heteroatoms. The predicted octanol–water partition coefficient (Wildman–Crippen LogP) is 4.39. The van der Waals surface area contributed by atoms with Crippen LogP contribution in [0, 0.1) is 5.82 Å². The third-order valence-electron chi connectivity index (χ3n) is 4.92. The van der Waals surface area contributed by atoms with Gasteiger partial charge < -0.3 is 14.8 Å². The summed E-state index contributed by atoms with van der Waals surface area (Å²) in [6.07, 6.45) is 1.17. The van der Waals surface area contributed by atoms with Crippen LogP contribution in [0.15, 0.2) is 65.0 Å². The minimum absolute atomic E-state index is 0.0389. The van der Waals surface area contributed by atoms with Crippen molar-refractivity contribution < 1.29 is 27.1 Å². The van der Waals surface area contributed by atoms with Crippen LogP contribution in [-0.2, 0) is 16.6 Å². The maximum atomic E-state index is 13.4. The smallest absolute Gasteiger partial charge is 0.270 e. The summed E-state index contributed by atoms with van der Waals surface area (Å²) in [7, 11) is -1.19. The molecule has 0 unspecified atom stereocenters. The lowest BCUT2D eigenvalue weighted by Crippen LogP contribution is -2.38. The second-order valence-electron chi connectivity index (χ2n) is 6.82. The highest BCUT2D eigenvalue weighted by Crippen LogP contribution is 2.39. The first-order chi connectivity index (χ1) is 15.3. The molecule has 0 saturated heterocycles. The molecule has 2 heterocycles. The van der Waals surface area contributed by atoms with Gasteiger partial charge >= 0.3 is 0 Å². The largest absolute Gasteiger partial charge is 0.497 e. The van der Waals surface area contributed by atoms with Gasteiger partial charge in [0.25, 0.3) is 10.0 Å². The van der Waals surface area contributed by atoms with Crippen molar-refractivity contribution in [3.8, 4) is 11.5 Å². The molecule has 0 amide bonds. The number of benzene rings is 2. The number of carbonyl (C=O) groups is 1. The lowest BCUT2D eigenvalue weighted by atomic mass is 10.2. The summed E-state index contributed by atoms with van der Waals surface area (Å²) >= 11 is 1.16. The summed E-state index contributed by atoms with van der Waals surface area (Å²) in [6, 6.07) is 12.1. The van der Waals surface area contributed by atoms with E-state index in [1.54, 1.807) is 29.6 Å². The summed E-state index contributed by atoms with van der Waals surface area (Å²) in [4.78, 5) is 12.9. The van der Waals surface area contributed by atoms with Crippen molar-refractivity contribution in [2.45, 2.75) is 6.54 Å². The van der Waals surface area contributed by atoms with Gasteiger partial charge in [0.2, 0.25) is 5.78 Å². The molecule has 0 bridgehead atoms. The molecule has 166 valence electrons. The first-order valence-corrected chi connectivity index (χ1v) is 11.7. The van der Waals surface area contributed by atoms with Crippen molar-refractivity contribution >= 4 is 38.5 Å². The Labute approximate surface area is 188 Å². The molecular formula is C22H19FN2O5S2. The van der Waals surface area contributed by atoms with E-state index in [4.69, 9.17) is 9.47 Å². The Bertz CT molecular complexity index is 1300. The fraction of sp³-hybridized carbons (Fsp3) is 0.136. The number of Topliss-reactive ketones (excluding diaryl/α,β-unsaturated/α-hetero) is 1. The van der Waals surface area contributed by atoms with E-state index in [1.807, 2.05) is 0 Å². The lowest BCUT2D eigenvalue weighted by Gasteiger charge is -2.29. The Morgan fingerprint density at radius 3 is 2.53 bits per heavy atom. The fourth-order valence-corrected chi connectivity index (χ4v) is 5.76. The Morgan fingerprint density at radius 2 is 1.84 bits per heavy atom. The van der Waals surface area contributed by atoms with E-state index < -0.39 is 26.5 Å². The number of ether oxygens (including phenoxy) is 2. The van der Waals surface area contributed by atoms with Crippen LogP contribution in [0.5, 0.6) is 11.5 Å². The number of rotatable bonds is 6. The maximum absolute atomic E-state index is 13.4. The first-order valence-electron chi connectivity index (χ1n) is 9.43. The summed E-state index contributed by atoms with van der Waals surface area (Å²) in [6.45, 7) is -0.0389. The molecule has 1 aliphatic rings. The molecule has 0 fully saturated rings. The van der Waals surface area contributed by atoms with Gasteiger partial charge in [-0.1, -0.05) is 12.1 Å². The number of nitrogens with one attached hydrogen (secondary N) is 1.